The molecule has 4 aromatic rings. The van der Waals surface area contributed by atoms with E-state index in [1.165, 1.54) is 30.0 Å². The van der Waals surface area contributed by atoms with Crippen LogP contribution >= 0.6 is 0 Å². The number of aromatic hydroxyl groups is 2. The Morgan fingerprint density at radius 1 is 0.889 bits per heavy atom. The molecule has 0 unspecified atom stereocenters. The molecule has 1 aliphatic rings. The fourth-order valence-corrected chi connectivity index (χ4v) is 4.62. The van der Waals surface area contributed by atoms with Crippen LogP contribution in [0.5, 0.6) is 17.2 Å². The zero-order chi connectivity index (χ0) is 24.9. The SMILES string of the molecule is O=c1c(-c2ccc(O)cc2)coc2cc(OCCCN3CCN(Cc4ccccc4)CC3)cc(O)c12. The van der Waals surface area contributed by atoms with E-state index >= 15 is 0 Å². The molecule has 5 rings (SSSR count). The molecule has 1 aliphatic heterocycles. The zero-order valence-electron chi connectivity index (χ0n) is 20.1. The Kier molecular flexibility index (Phi) is 7.21. The van der Waals surface area contributed by atoms with Gasteiger partial charge >= 0.3 is 0 Å². The van der Waals surface area contributed by atoms with Gasteiger partial charge in [0.2, 0.25) is 5.43 Å². The summed E-state index contributed by atoms with van der Waals surface area (Å²) < 4.78 is 11.5. The molecule has 0 saturated carbocycles. The summed E-state index contributed by atoms with van der Waals surface area (Å²) in [6.07, 6.45) is 2.24. The van der Waals surface area contributed by atoms with E-state index in [1.807, 2.05) is 6.07 Å². The molecule has 1 aromatic heterocycles. The van der Waals surface area contributed by atoms with Crippen molar-refractivity contribution < 1.29 is 19.4 Å². The molecule has 7 heteroatoms. The molecular weight excluding hydrogens is 456 g/mol. The van der Waals surface area contributed by atoms with Crippen molar-refractivity contribution in [3.05, 3.63) is 88.8 Å². The van der Waals surface area contributed by atoms with Crippen molar-refractivity contribution in [3.8, 4) is 28.4 Å². The molecule has 7 nitrogen and oxygen atoms in total. The molecule has 0 aliphatic carbocycles. The zero-order valence-corrected chi connectivity index (χ0v) is 20.1. The van der Waals surface area contributed by atoms with Crippen LogP contribution < -0.4 is 10.2 Å². The Morgan fingerprint density at radius 2 is 1.61 bits per heavy atom. The number of phenols is 2. The van der Waals surface area contributed by atoms with Crippen molar-refractivity contribution in [1.82, 2.24) is 9.80 Å². The van der Waals surface area contributed by atoms with E-state index < -0.39 is 0 Å². The highest BCUT2D eigenvalue weighted by Crippen LogP contribution is 2.30. The molecule has 2 N–H and O–H groups in total. The average Bonchev–Trinajstić information content (AvgIpc) is 2.89. The summed E-state index contributed by atoms with van der Waals surface area (Å²) in [4.78, 5) is 17.9. The number of phenolic OH excluding ortho intramolecular Hbond substituents is 2. The lowest BCUT2D eigenvalue weighted by molar-refractivity contribution is 0.121. The molecule has 0 spiro atoms. The number of ether oxygens (including phenoxy) is 1. The van der Waals surface area contributed by atoms with Crippen LogP contribution in [-0.4, -0.2) is 59.3 Å². The van der Waals surface area contributed by atoms with Crippen molar-refractivity contribution in [1.29, 1.82) is 0 Å². The predicted molar refractivity (Wildman–Crippen MR) is 140 cm³/mol. The topological polar surface area (TPSA) is 86.4 Å². The van der Waals surface area contributed by atoms with E-state index in [4.69, 9.17) is 9.15 Å². The number of hydrogen-bond acceptors (Lipinski definition) is 7. The molecule has 0 bridgehead atoms. The number of fused-ring (bicyclic) bond motifs is 1. The van der Waals surface area contributed by atoms with E-state index in [2.05, 4.69) is 34.1 Å². The first-order valence-corrected chi connectivity index (χ1v) is 12.3. The first-order valence-electron chi connectivity index (χ1n) is 12.3. The minimum Gasteiger partial charge on any atom is -0.508 e. The molecule has 1 fully saturated rings. The minimum atomic E-state index is -0.336. The third kappa shape index (κ3) is 5.53. The van der Waals surface area contributed by atoms with Crippen LogP contribution in [0.2, 0.25) is 0 Å². The summed E-state index contributed by atoms with van der Waals surface area (Å²) in [5.41, 5.74) is 2.20. The molecule has 2 heterocycles. The van der Waals surface area contributed by atoms with E-state index in [0.29, 0.717) is 23.5 Å². The van der Waals surface area contributed by atoms with Crippen molar-refractivity contribution in [3.63, 3.8) is 0 Å². The van der Waals surface area contributed by atoms with Crippen molar-refractivity contribution in [2.24, 2.45) is 0 Å². The van der Waals surface area contributed by atoms with Crippen LogP contribution in [0.4, 0.5) is 0 Å². The molecule has 186 valence electrons. The van der Waals surface area contributed by atoms with Gasteiger partial charge in [0.1, 0.15) is 34.5 Å². The molecule has 0 atom stereocenters. The van der Waals surface area contributed by atoms with Gasteiger partial charge in [0.25, 0.3) is 0 Å². The van der Waals surface area contributed by atoms with Gasteiger partial charge < -0.3 is 24.3 Å². The number of nitrogens with zero attached hydrogens (tertiary/aromatic N) is 2. The normalized spacial score (nSPS) is 14.8. The van der Waals surface area contributed by atoms with Crippen LogP contribution in [0.15, 0.2) is 82.2 Å². The lowest BCUT2D eigenvalue weighted by Gasteiger charge is -2.34. The molecular formula is C29H30N2O5. The summed E-state index contributed by atoms with van der Waals surface area (Å²) in [5.74, 6) is 0.401. The average molecular weight is 487 g/mol. The quantitative estimate of drug-likeness (QED) is 0.356. The molecule has 0 amide bonds. The summed E-state index contributed by atoms with van der Waals surface area (Å²) in [5, 5.41) is 20.1. The van der Waals surface area contributed by atoms with Gasteiger partial charge in [0, 0.05) is 51.4 Å². The van der Waals surface area contributed by atoms with Gasteiger partial charge in [-0.3, -0.25) is 9.69 Å². The highest BCUT2D eigenvalue weighted by Gasteiger charge is 2.17. The second-order valence-corrected chi connectivity index (χ2v) is 9.15. The fourth-order valence-electron chi connectivity index (χ4n) is 4.62. The van der Waals surface area contributed by atoms with Gasteiger partial charge in [-0.25, -0.2) is 0 Å². The van der Waals surface area contributed by atoms with Crippen LogP contribution in [0.3, 0.4) is 0 Å². The van der Waals surface area contributed by atoms with Gasteiger partial charge in [-0.15, -0.1) is 0 Å². The van der Waals surface area contributed by atoms with Crippen LogP contribution in [0.25, 0.3) is 22.1 Å². The van der Waals surface area contributed by atoms with Crippen molar-refractivity contribution in [2.45, 2.75) is 13.0 Å². The number of benzene rings is 3. The highest BCUT2D eigenvalue weighted by atomic mass is 16.5. The Balaban J connectivity index is 1.14. The maximum atomic E-state index is 13.0. The second-order valence-electron chi connectivity index (χ2n) is 9.15. The third-order valence-electron chi connectivity index (χ3n) is 6.61. The molecule has 0 radical (unpaired) electrons. The van der Waals surface area contributed by atoms with Crippen molar-refractivity contribution in [2.75, 3.05) is 39.3 Å². The van der Waals surface area contributed by atoms with Gasteiger partial charge in [-0.2, -0.15) is 0 Å². The number of piperazine rings is 1. The minimum absolute atomic E-state index is 0.110. The number of hydrogen-bond donors (Lipinski definition) is 2. The predicted octanol–water partition coefficient (Wildman–Crippen LogP) is 4.46. The van der Waals surface area contributed by atoms with Gasteiger partial charge in [-0.1, -0.05) is 42.5 Å². The molecule has 36 heavy (non-hydrogen) atoms. The summed E-state index contributed by atoms with van der Waals surface area (Å²) in [6, 6.07) is 19.9. The fraction of sp³-hybridized carbons (Fsp3) is 0.276. The maximum Gasteiger partial charge on any atom is 0.204 e. The monoisotopic (exact) mass is 486 g/mol. The van der Waals surface area contributed by atoms with E-state index in [9.17, 15) is 15.0 Å². The van der Waals surface area contributed by atoms with Crippen LogP contribution in [0.1, 0.15) is 12.0 Å². The Morgan fingerprint density at radius 3 is 2.36 bits per heavy atom. The molecule has 1 saturated heterocycles. The Bertz CT molecular complexity index is 1360. The van der Waals surface area contributed by atoms with Gasteiger partial charge in [-0.05, 0) is 29.7 Å². The maximum absolute atomic E-state index is 13.0. The first-order chi connectivity index (χ1) is 17.6. The smallest absolute Gasteiger partial charge is 0.204 e. The largest absolute Gasteiger partial charge is 0.508 e. The van der Waals surface area contributed by atoms with Crippen molar-refractivity contribution >= 4 is 11.0 Å². The van der Waals surface area contributed by atoms with Crippen LogP contribution in [0, 0.1) is 0 Å². The lowest BCUT2D eigenvalue weighted by Crippen LogP contribution is -2.46. The third-order valence-corrected chi connectivity index (χ3v) is 6.61. The van der Waals surface area contributed by atoms with E-state index in [0.717, 1.165) is 45.7 Å². The molecule has 3 aromatic carbocycles. The van der Waals surface area contributed by atoms with Gasteiger partial charge in [0.15, 0.2) is 0 Å². The summed E-state index contributed by atoms with van der Waals surface area (Å²) >= 11 is 0. The Hall–Kier alpha value is -3.81. The standard InChI is InChI=1S/C29H30N2O5/c32-23-9-7-22(8-10-23)25-20-36-27-18-24(17-26(33)28(27)29(25)34)35-16-4-11-30-12-14-31(15-13-30)19-21-5-2-1-3-6-21/h1-3,5-10,17-18,20,32-33H,4,11-16,19H2. The lowest BCUT2D eigenvalue weighted by atomic mass is 10.0. The number of rotatable bonds is 8. The van der Waals surface area contributed by atoms with Gasteiger partial charge in [0.05, 0.1) is 12.2 Å². The summed E-state index contributed by atoms with van der Waals surface area (Å²) in [7, 11) is 0. The summed E-state index contributed by atoms with van der Waals surface area (Å²) in [6.45, 7) is 6.64. The second kappa shape index (κ2) is 10.8. The van der Waals surface area contributed by atoms with Crippen LogP contribution in [-0.2, 0) is 6.54 Å². The van der Waals surface area contributed by atoms with E-state index in [1.54, 1.807) is 18.2 Å². The highest BCUT2D eigenvalue weighted by molar-refractivity contribution is 5.88. The van der Waals surface area contributed by atoms with E-state index in [-0.39, 0.29) is 27.9 Å². The Labute approximate surface area is 209 Å². The first kappa shape index (κ1) is 23.9.